The Balaban J connectivity index is -0.0000000800. The molecule has 0 aliphatic carbocycles. The molecule has 7 heavy (non-hydrogen) atoms. The van der Waals surface area contributed by atoms with Gasteiger partial charge in [-0.2, -0.15) is 0 Å². The van der Waals surface area contributed by atoms with E-state index in [1.165, 1.54) is 0 Å². The molecule has 0 amide bonds. The van der Waals surface area contributed by atoms with Gasteiger partial charge in [0, 0.05) is 23.7 Å². The van der Waals surface area contributed by atoms with Crippen LogP contribution >= 0.6 is 12.4 Å². The fraction of sp³-hybridized carbons (Fsp3) is 1.00. The van der Waals surface area contributed by atoms with Gasteiger partial charge in [-0.05, 0) is 6.42 Å². The van der Waals surface area contributed by atoms with Crippen LogP contribution in [0.3, 0.4) is 0 Å². The minimum absolute atomic E-state index is 0. The number of hydrogen-bond acceptors (Lipinski definition) is 1. The van der Waals surface area contributed by atoms with E-state index in [1.54, 1.807) is 0 Å². The molecule has 0 bridgehead atoms. The van der Waals surface area contributed by atoms with Crippen molar-refractivity contribution in [2.24, 2.45) is 0 Å². The van der Waals surface area contributed by atoms with Crippen LogP contribution < -0.4 is 0 Å². The van der Waals surface area contributed by atoms with Crippen molar-refractivity contribution in [3.8, 4) is 0 Å². The van der Waals surface area contributed by atoms with Crippen LogP contribution in [0.5, 0.6) is 0 Å². The number of aliphatic hydroxyl groups excluding tert-OH is 1. The van der Waals surface area contributed by atoms with Crippen LogP contribution in [-0.2, 0) is 17.1 Å². The zero-order valence-corrected chi connectivity index (χ0v) is 6.35. The Morgan fingerprint density at radius 3 is 1.86 bits per heavy atom. The van der Waals surface area contributed by atoms with Crippen molar-refractivity contribution >= 4 is 12.4 Å². The molecule has 0 spiro atoms. The van der Waals surface area contributed by atoms with Gasteiger partial charge in [-0.25, -0.2) is 0 Å². The second kappa shape index (κ2) is 15.9. The maximum atomic E-state index is 8.07. The van der Waals surface area contributed by atoms with Crippen LogP contribution in [0, 0.1) is 0 Å². The molecule has 0 saturated carbocycles. The Labute approximate surface area is 61.4 Å². The molecule has 0 aromatic rings. The fourth-order valence-corrected chi connectivity index (χ4v) is 0.158. The molecule has 3 heteroatoms. The van der Waals surface area contributed by atoms with Gasteiger partial charge in [0.15, 0.2) is 0 Å². The summed E-state index contributed by atoms with van der Waals surface area (Å²) in [6, 6.07) is 0. The second-order valence-electron chi connectivity index (χ2n) is 1.08. The van der Waals surface area contributed by atoms with Crippen LogP contribution in [-0.4, -0.2) is 11.7 Å². The minimum atomic E-state index is 0. The van der Waals surface area contributed by atoms with Crippen molar-refractivity contribution in [2.75, 3.05) is 6.61 Å². The van der Waals surface area contributed by atoms with Gasteiger partial charge in [-0.3, -0.25) is 0 Å². The van der Waals surface area contributed by atoms with Gasteiger partial charge in [0.25, 0.3) is 0 Å². The molecule has 0 fully saturated rings. The molecule has 0 saturated heterocycles. The molecule has 0 aliphatic heterocycles. The van der Waals surface area contributed by atoms with E-state index in [1.807, 2.05) is 0 Å². The third-order valence-electron chi connectivity index (χ3n) is 0.512. The molecule has 0 rings (SSSR count). The molecule has 0 unspecified atom stereocenters. The van der Waals surface area contributed by atoms with Crippen molar-refractivity contribution in [2.45, 2.75) is 19.8 Å². The maximum absolute atomic E-state index is 8.07. The summed E-state index contributed by atoms with van der Waals surface area (Å²) >= 11 is 0. The molecule has 0 aromatic heterocycles. The molecule has 1 nitrogen and oxygen atoms in total. The molecule has 47 valence electrons. The topological polar surface area (TPSA) is 20.2 Å². The van der Waals surface area contributed by atoms with Crippen molar-refractivity contribution in [1.82, 2.24) is 0 Å². The summed E-state index contributed by atoms with van der Waals surface area (Å²) in [4.78, 5) is 0. The van der Waals surface area contributed by atoms with Crippen LogP contribution in [0.4, 0.5) is 0 Å². The molecule has 1 radical (unpaired) electrons. The molecular formula is C4H11ClMnO. The smallest absolute Gasteiger partial charge is 0.0430 e. The quantitative estimate of drug-likeness (QED) is 0.610. The van der Waals surface area contributed by atoms with E-state index in [2.05, 4.69) is 6.92 Å². The summed E-state index contributed by atoms with van der Waals surface area (Å²) in [5, 5.41) is 8.07. The molecule has 0 atom stereocenters. The maximum Gasteiger partial charge on any atom is 0.0430 e. The molecule has 0 aromatic carbocycles. The number of aliphatic hydroxyl groups is 1. The third kappa shape index (κ3) is 20.1. The zero-order valence-electron chi connectivity index (χ0n) is 4.35. The van der Waals surface area contributed by atoms with Gasteiger partial charge in [0.05, 0.1) is 0 Å². The van der Waals surface area contributed by atoms with Crippen molar-refractivity contribution in [3.05, 3.63) is 0 Å². The van der Waals surface area contributed by atoms with Gasteiger partial charge in [0.2, 0.25) is 0 Å². The Morgan fingerprint density at radius 2 is 1.86 bits per heavy atom. The van der Waals surface area contributed by atoms with E-state index in [0.717, 1.165) is 12.8 Å². The first kappa shape index (κ1) is 15.7. The standard InChI is InChI=1S/C4H10O.ClH.Mn/c1-2-3-4-5;;/h5H,2-4H2,1H3;1H;. The summed E-state index contributed by atoms with van der Waals surface area (Å²) in [6.45, 7) is 2.40. The predicted octanol–water partition coefficient (Wildman–Crippen LogP) is 1.20. The first-order valence-electron chi connectivity index (χ1n) is 2.02. The number of hydrogen-bond donors (Lipinski definition) is 1. The number of unbranched alkanes of at least 4 members (excludes halogenated alkanes) is 1. The van der Waals surface area contributed by atoms with Crippen molar-refractivity contribution in [3.63, 3.8) is 0 Å². The first-order valence-corrected chi connectivity index (χ1v) is 2.02. The van der Waals surface area contributed by atoms with E-state index in [9.17, 15) is 0 Å². The van der Waals surface area contributed by atoms with E-state index >= 15 is 0 Å². The van der Waals surface area contributed by atoms with Crippen molar-refractivity contribution < 1.29 is 22.2 Å². The second-order valence-corrected chi connectivity index (χ2v) is 1.08. The van der Waals surface area contributed by atoms with E-state index in [-0.39, 0.29) is 29.5 Å². The minimum Gasteiger partial charge on any atom is -0.396 e. The number of halogens is 1. The van der Waals surface area contributed by atoms with E-state index in [0.29, 0.717) is 6.61 Å². The Hall–Kier alpha value is 0.769. The van der Waals surface area contributed by atoms with Gasteiger partial charge >= 0.3 is 0 Å². The summed E-state index contributed by atoms with van der Waals surface area (Å²) in [6.07, 6.45) is 2.04. The Kier molecular flexibility index (Phi) is 35.5. The normalized spacial score (nSPS) is 6.00. The molecular weight excluding hydrogens is 154 g/mol. The monoisotopic (exact) mass is 165 g/mol. The fourth-order valence-electron chi connectivity index (χ4n) is 0.158. The molecule has 1 N–H and O–H groups in total. The SMILES string of the molecule is CCCCO.Cl.[Mn]. The average molecular weight is 166 g/mol. The summed E-state index contributed by atoms with van der Waals surface area (Å²) in [5.41, 5.74) is 0. The van der Waals surface area contributed by atoms with E-state index < -0.39 is 0 Å². The molecule has 0 aliphatic rings. The number of rotatable bonds is 2. The van der Waals surface area contributed by atoms with Gasteiger partial charge in [0.1, 0.15) is 0 Å². The predicted molar refractivity (Wildman–Crippen MR) is 29.2 cm³/mol. The van der Waals surface area contributed by atoms with E-state index in [4.69, 9.17) is 5.11 Å². The first-order chi connectivity index (χ1) is 2.41. The summed E-state index contributed by atoms with van der Waals surface area (Å²) in [7, 11) is 0. The zero-order chi connectivity index (χ0) is 4.12. The van der Waals surface area contributed by atoms with Crippen LogP contribution in [0.2, 0.25) is 0 Å². The molecule has 0 heterocycles. The Morgan fingerprint density at radius 1 is 1.43 bits per heavy atom. The average Bonchev–Trinajstić information content (AvgIpc) is 1.41. The summed E-state index contributed by atoms with van der Waals surface area (Å²) in [5.74, 6) is 0. The van der Waals surface area contributed by atoms with Crippen molar-refractivity contribution in [1.29, 1.82) is 0 Å². The third-order valence-corrected chi connectivity index (χ3v) is 0.512. The largest absolute Gasteiger partial charge is 0.396 e. The van der Waals surface area contributed by atoms with Crippen LogP contribution in [0.1, 0.15) is 19.8 Å². The van der Waals surface area contributed by atoms with Gasteiger partial charge < -0.3 is 5.11 Å². The van der Waals surface area contributed by atoms with Crippen LogP contribution in [0.15, 0.2) is 0 Å². The summed E-state index contributed by atoms with van der Waals surface area (Å²) < 4.78 is 0. The van der Waals surface area contributed by atoms with Gasteiger partial charge in [-0.15, -0.1) is 12.4 Å². The van der Waals surface area contributed by atoms with Gasteiger partial charge in [-0.1, -0.05) is 13.3 Å². The van der Waals surface area contributed by atoms with Crippen LogP contribution in [0.25, 0.3) is 0 Å². The Bertz CT molecular complexity index is 19.2.